The number of carbonyl (C=O) groups excluding carboxylic acids is 1. The molecular weight excluding hydrogens is 343 g/mol. The van der Waals surface area contributed by atoms with Gasteiger partial charge in [0, 0.05) is 19.8 Å². The van der Waals surface area contributed by atoms with Crippen LogP contribution in [-0.2, 0) is 13.6 Å². The molecule has 0 fully saturated rings. The van der Waals surface area contributed by atoms with E-state index in [1.165, 1.54) is 11.3 Å². The van der Waals surface area contributed by atoms with Gasteiger partial charge in [-0.3, -0.25) is 9.48 Å². The highest BCUT2D eigenvalue weighted by atomic mass is 35.5. The molecule has 0 saturated carbocycles. The van der Waals surface area contributed by atoms with Crippen LogP contribution in [0.1, 0.15) is 17.4 Å². The molecule has 0 aliphatic heterocycles. The highest BCUT2D eigenvalue weighted by Gasteiger charge is 2.14. The number of rotatable bonds is 2. The van der Waals surface area contributed by atoms with Crippen molar-refractivity contribution < 1.29 is 4.79 Å². The van der Waals surface area contributed by atoms with Crippen LogP contribution in [0.3, 0.4) is 0 Å². The van der Waals surface area contributed by atoms with Crippen LogP contribution in [0.2, 0.25) is 10.0 Å². The Labute approximate surface area is 140 Å². The average molecular weight is 355 g/mol. The Balaban J connectivity index is 2.18. The third kappa shape index (κ3) is 2.47. The third-order valence-corrected chi connectivity index (χ3v) is 5.18. The largest absolute Gasteiger partial charge is 0.318 e. The topological polar surface area (TPSA) is 52.2 Å². The molecule has 2 aromatic heterocycles. The van der Waals surface area contributed by atoms with E-state index in [4.69, 9.17) is 23.2 Å². The van der Waals surface area contributed by atoms with E-state index in [1.807, 2.05) is 14.0 Å². The number of hydrogen-bond acceptors (Lipinski definition) is 3. The van der Waals surface area contributed by atoms with Crippen LogP contribution in [0.25, 0.3) is 10.2 Å². The fourth-order valence-corrected chi connectivity index (χ4v) is 3.85. The van der Waals surface area contributed by atoms with E-state index >= 15 is 0 Å². The van der Waals surface area contributed by atoms with Gasteiger partial charge in [-0.2, -0.15) is 10.1 Å². The maximum absolute atomic E-state index is 12.4. The van der Waals surface area contributed by atoms with E-state index in [2.05, 4.69) is 10.1 Å². The first-order chi connectivity index (χ1) is 10.5. The van der Waals surface area contributed by atoms with Gasteiger partial charge in [-0.05, 0) is 25.1 Å². The summed E-state index contributed by atoms with van der Waals surface area (Å²) in [6, 6.07) is 5.12. The van der Waals surface area contributed by atoms with Crippen molar-refractivity contribution in [2.75, 3.05) is 0 Å². The maximum atomic E-state index is 12.4. The second-order valence-electron chi connectivity index (χ2n) is 4.60. The lowest BCUT2D eigenvalue weighted by molar-refractivity contribution is 0.0988. The molecule has 0 spiro atoms. The lowest BCUT2D eigenvalue weighted by Crippen LogP contribution is -2.15. The van der Waals surface area contributed by atoms with Crippen molar-refractivity contribution in [1.82, 2.24) is 14.3 Å². The summed E-state index contributed by atoms with van der Waals surface area (Å²) >= 11 is 13.7. The first-order valence-electron chi connectivity index (χ1n) is 6.57. The van der Waals surface area contributed by atoms with Crippen LogP contribution in [0.15, 0.2) is 29.4 Å². The molecule has 22 heavy (non-hydrogen) atoms. The fraction of sp³-hybridized carbons (Fsp3) is 0.214. The van der Waals surface area contributed by atoms with Crippen LogP contribution < -0.4 is 4.80 Å². The highest BCUT2D eigenvalue weighted by molar-refractivity contribution is 7.17. The summed E-state index contributed by atoms with van der Waals surface area (Å²) in [6.45, 7) is 2.53. The molecule has 1 amide bonds. The van der Waals surface area contributed by atoms with Gasteiger partial charge >= 0.3 is 0 Å². The zero-order valence-electron chi connectivity index (χ0n) is 11.9. The average Bonchev–Trinajstić information content (AvgIpc) is 3.09. The summed E-state index contributed by atoms with van der Waals surface area (Å²) in [5, 5.41) is 5.25. The number of nitrogens with zero attached hydrogens (tertiary/aromatic N) is 4. The van der Waals surface area contributed by atoms with E-state index in [-0.39, 0.29) is 5.91 Å². The predicted molar refractivity (Wildman–Crippen MR) is 88.6 cm³/mol. The number of benzene rings is 1. The summed E-state index contributed by atoms with van der Waals surface area (Å²) in [5.41, 5.74) is 1.23. The Morgan fingerprint density at radius 2 is 2.05 bits per heavy atom. The molecule has 3 aromatic rings. The van der Waals surface area contributed by atoms with E-state index in [0.717, 1.165) is 10.2 Å². The number of aromatic nitrogens is 3. The summed E-state index contributed by atoms with van der Waals surface area (Å²) in [4.78, 5) is 17.1. The van der Waals surface area contributed by atoms with Gasteiger partial charge in [0.15, 0.2) is 4.80 Å². The van der Waals surface area contributed by atoms with Gasteiger partial charge in [-0.15, -0.1) is 0 Å². The van der Waals surface area contributed by atoms with E-state index < -0.39 is 0 Å². The second-order valence-corrected chi connectivity index (χ2v) is 6.39. The minimum atomic E-state index is -0.339. The Kier molecular flexibility index (Phi) is 4.08. The van der Waals surface area contributed by atoms with Crippen molar-refractivity contribution in [2.45, 2.75) is 13.5 Å². The first kappa shape index (κ1) is 15.3. The number of thiazole rings is 1. The molecule has 1 aromatic carbocycles. The first-order valence-corrected chi connectivity index (χ1v) is 8.14. The quantitative estimate of drug-likeness (QED) is 0.706. The SMILES string of the molecule is CCn1nccc1C(=O)N=c1sc2c(Cl)ccc(Cl)c2n1C. The van der Waals surface area contributed by atoms with Crippen LogP contribution in [-0.4, -0.2) is 20.3 Å². The summed E-state index contributed by atoms with van der Waals surface area (Å²) in [5.74, 6) is -0.339. The summed E-state index contributed by atoms with van der Waals surface area (Å²) in [7, 11) is 1.81. The number of carbonyl (C=O) groups is 1. The van der Waals surface area contributed by atoms with Crippen LogP contribution in [0.5, 0.6) is 0 Å². The normalized spacial score (nSPS) is 12.3. The highest BCUT2D eigenvalue weighted by Crippen LogP contribution is 2.31. The number of halogens is 2. The molecule has 0 N–H and O–H groups in total. The standard InChI is InChI=1S/C14H12Cl2N4OS/c1-3-20-10(6-7-17-20)13(21)18-14-19(2)11-8(15)4-5-9(16)12(11)22-14/h4-7H,3H2,1-2H3. The molecule has 8 heteroatoms. The summed E-state index contributed by atoms with van der Waals surface area (Å²) < 4.78 is 4.20. The lowest BCUT2D eigenvalue weighted by Gasteiger charge is -2.00. The number of hydrogen-bond donors (Lipinski definition) is 0. The fourth-order valence-electron chi connectivity index (χ4n) is 2.20. The second kappa shape index (κ2) is 5.87. The van der Waals surface area contributed by atoms with Gasteiger partial charge in [-0.25, -0.2) is 0 Å². The van der Waals surface area contributed by atoms with Crippen molar-refractivity contribution >= 4 is 50.7 Å². The molecular formula is C14H12Cl2N4OS. The van der Waals surface area contributed by atoms with Crippen molar-refractivity contribution in [3.05, 3.63) is 44.9 Å². The van der Waals surface area contributed by atoms with Crippen molar-refractivity contribution in [1.29, 1.82) is 0 Å². The minimum Gasteiger partial charge on any atom is -0.318 e. The molecule has 0 saturated heterocycles. The van der Waals surface area contributed by atoms with Crippen LogP contribution >= 0.6 is 34.5 Å². The van der Waals surface area contributed by atoms with Crippen molar-refractivity contribution in [3.63, 3.8) is 0 Å². The van der Waals surface area contributed by atoms with Gasteiger partial charge in [0.1, 0.15) is 5.69 Å². The Hall–Kier alpha value is -1.63. The lowest BCUT2D eigenvalue weighted by atomic mass is 10.3. The Morgan fingerprint density at radius 3 is 2.73 bits per heavy atom. The minimum absolute atomic E-state index is 0.339. The molecule has 0 aliphatic carbocycles. The molecule has 0 unspecified atom stereocenters. The van der Waals surface area contributed by atoms with Crippen LogP contribution in [0.4, 0.5) is 0 Å². The molecule has 114 valence electrons. The monoisotopic (exact) mass is 354 g/mol. The van der Waals surface area contributed by atoms with E-state index in [1.54, 1.807) is 33.6 Å². The smallest absolute Gasteiger partial charge is 0.297 e. The molecule has 0 bridgehead atoms. The molecule has 0 atom stereocenters. The number of fused-ring (bicyclic) bond motifs is 1. The van der Waals surface area contributed by atoms with Gasteiger partial charge < -0.3 is 4.57 Å². The van der Waals surface area contributed by atoms with E-state index in [9.17, 15) is 4.79 Å². The molecule has 2 heterocycles. The number of amides is 1. The Morgan fingerprint density at radius 1 is 1.32 bits per heavy atom. The van der Waals surface area contributed by atoms with E-state index in [0.29, 0.717) is 27.1 Å². The Bertz CT molecular complexity index is 938. The third-order valence-electron chi connectivity index (χ3n) is 3.28. The molecule has 0 radical (unpaired) electrons. The predicted octanol–water partition coefficient (Wildman–Crippen LogP) is 3.50. The zero-order valence-corrected chi connectivity index (χ0v) is 14.2. The van der Waals surface area contributed by atoms with Crippen molar-refractivity contribution in [2.24, 2.45) is 12.0 Å². The molecule has 3 rings (SSSR count). The molecule has 0 aliphatic rings. The van der Waals surface area contributed by atoms with Crippen molar-refractivity contribution in [3.8, 4) is 0 Å². The van der Waals surface area contributed by atoms with Gasteiger partial charge in [0.25, 0.3) is 5.91 Å². The number of aryl methyl sites for hydroxylation is 2. The van der Waals surface area contributed by atoms with Gasteiger partial charge in [0.2, 0.25) is 0 Å². The van der Waals surface area contributed by atoms with Gasteiger partial charge in [-0.1, -0.05) is 34.5 Å². The summed E-state index contributed by atoms with van der Waals surface area (Å²) in [6.07, 6.45) is 1.59. The zero-order chi connectivity index (χ0) is 15.9. The maximum Gasteiger partial charge on any atom is 0.297 e. The van der Waals surface area contributed by atoms with Gasteiger partial charge in [0.05, 0.1) is 20.3 Å². The van der Waals surface area contributed by atoms with Crippen LogP contribution in [0, 0.1) is 0 Å². The molecule has 5 nitrogen and oxygen atoms in total.